The van der Waals surface area contributed by atoms with E-state index in [-0.39, 0.29) is 29.7 Å². The number of anilines is 3. The third kappa shape index (κ3) is 6.45. The molecule has 0 radical (unpaired) electrons. The molecular weight excluding hydrogens is 532 g/mol. The van der Waals surface area contributed by atoms with Crippen LogP contribution < -0.4 is 20.4 Å². The number of hydrogen-bond donors (Lipinski definition) is 3. The summed E-state index contributed by atoms with van der Waals surface area (Å²) in [4.78, 5) is 38.9. The molecule has 0 saturated carbocycles. The number of fused-ring (bicyclic) bond motifs is 1. The zero-order chi connectivity index (χ0) is 29.1. The van der Waals surface area contributed by atoms with Crippen LogP contribution in [-0.4, -0.2) is 54.6 Å². The van der Waals surface area contributed by atoms with E-state index in [0.717, 1.165) is 63.2 Å². The molecule has 9 heteroatoms. The van der Waals surface area contributed by atoms with Gasteiger partial charge >= 0.3 is 0 Å². The van der Waals surface area contributed by atoms with Gasteiger partial charge in [-0.25, -0.2) is 4.98 Å². The summed E-state index contributed by atoms with van der Waals surface area (Å²) >= 11 is 1.74. The van der Waals surface area contributed by atoms with Crippen molar-refractivity contribution in [2.24, 2.45) is 5.41 Å². The minimum atomic E-state index is -0.385. The van der Waals surface area contributed by atoms with Gasteiger partial charge in [0.05, 0.1) is 36.0 Å². The molecular formula is C32H40N6O2S. The first-order valence-electron chi connectivity index (χ1n) is 14.1. The summed E-state index contributed by atoms with van der Waals surface area (Å²) in [5, 5.41) is 6.73. The number of para-hydroxylation sites is 2. The van der Waals surface area contributed by atoms with Gasteiger partial charge in [-0.1, -0.05) is 38.1 Å². The number of thioether (sulfide) groups is 1. The molecule has 1 unspecified atom stereocenters. The predicted octanol–water partition coefficient (Wildman–Crippen LogP) is 5.45. The van der Waals surface area contributed by atoms with Crippen LogP contribution in [0.1, 0.15) is 49.7 Å². The second kappa shape index (κ2) is 12.0. The van der Waals surface area contributed by atoms with Gasteiger partial charge in [0.25, 0.3) is 0 Å². The topological polar surface area (TPSA) is 93.4 Å². The van der Waals surface area contributed by atoms with E-state index in [4.69, 9.17) is 0 Å². The summed E-state index contributed by atoms with van der Waals surface area (Å²) in [6.45, 7) is 7.00. The fourth-order valence-electron chi connectivity index (χ4n) is 5.70. The van der Waals surface area contributed by atoms with Crippen LogP contribution in [0.25, 0.3) is 0 Å². The van der Waals surface area contributed by atoms with Crippen LogP contribution in [0.3, 0.4) is 0 Å². The van der Waals surface area contributed by atoms with Crippen molar-refractivity contribution in [2.75, 3.05) is 48.1 Å². The maximum absolute atomic E-state index is 13.9. The number of aryl methyl sites for hydroxylation is 1. The van der Waals surface area contributed by atoms with E-state index < -0.39 is 0 Å². The molecule has 0 fully saturated rings. The number of aromatic amines is 1. The number of carbonyl (C=O) groups is 2. The number of Topliss-reactive ketones (excluding diaryl/α,β-unsaturated/α-hetero) is 1. The van der Waals surface area contributed by atoms with Gasteiger partial charge < -0.3 is 25.4 Å². The summed E-state index contributed by atoms with van der Waals surface area (Å²) in [6, 6.07) is 16.0. The summed E-state index contributed by atoms with van der Waals surface area (Å²) in [5.74, 6) is 1.65. The highest BCUT2D eigenvalue weighted by Gasteiger charge is 2.41. The Balaban J connectivity index is 1.43. The number of hydrogen-bond acceptors (Lipinski definition) is 7. The summed E-state index contributed by atoms with van der Waals surface area (Å²) in [6.07, 6.45) is 2.95. The lowest BCUT2D eigenvalue weighted by atomic mass is 9.73. The Morgan fingerprint density at radius 3 is 2.61 bits per heavy atom. The smallest absolute Gasteiger partial charge is 0.239 e. The van der Waals surface area contributed by atoms with Crippen LogP contribution in [0.5, 0.6) is 0 Å². The quantitative estimate of drug-likeness (QED) is 0.294. The number of H-pyrrole nitrogens is 1. The molecule has 3 aromatic rings. The van der Waals surface area contributed by atoms with E-state index in [1.54, 1.807) is 18.1 Å². The highest BCUT2D eigenvalue weighted by Crippen LogP contribution is 2.48. The van der Waals surface area contributed by atoms with Crippen molar-refractivity contribution >= 4 is 40.5 Å². The second-order valence-electron chi connectivity index (χ2n) is 11.9. The lowest BCUT2D eigenvalue weighted by Crippen LogP contribution is -2.42. The van der Waals surface area contributed by atoms with Crippen molar-refractivity contribution < 1.29 is 9.59 Å². The van der Waals surface area contributed by atoms with Crippen LogP contribution in [0.15, 0.2) is 66.1 Å². The molecule has 2 aromatic carbocycles. The van der Waals surface area contributed by atoms with Crippen molar-refractivity contribution in [1.82, 2.24) is 15.3 Å². The van der Waals surface area contributed by atoms with Gasteiger partial charge in [-0.05, 0) is 48.6 Å². The molecule has 5 rings (SSSR count). The van der Waals surface area contributed by atoms with Gasteiger partial charge in [0, 0.05) is 61.2 Å². The normalized spacial score (nSPS) is 17.8. The number of allylic oxidation sites excluding steroid dienone is 1. The van der Waals surface area contributed by atoms with Crippen molar-refractivity contribution in [3.63, 3.8) is 0 Å². The number of aromatic nitrogens is 2. The molecule has 0 bridgehead atoms. The van der Waals surface area contributed by atoms with Crippen molar-refractivity contribution in [2.45, 2.75) is 45.4 Å². The van der Waals surface area contributed by atoms with Gasteiger partial charge in [-0.3, -0.25) is 9.59 Å². The van der Waals surface area contributed by atoms with Gasteiger partial charge in [-0.15, -0.1) is 0 Å². The predicted molar refractivity (Wildman–Crippen MR) is 168 cm³/mol. The number of carbonyl (C=O) groups excluding carboxylic acids is 2. The number of nitrogens with zero attached hydrogens (tertiary/aromatic N) is 3. The minimum absolute atomic E-state index is 0.0705. The number of rotatable bonds is 9. The van der Waals surface area contributed by atoms with Crippen LogP contribution in [0.2, 0.25) is 0 Å². The molecule has 1 aliphatic heterocycles. The number of nitrogens with one attached hydrogen (secondary N) is 3. The third-order valence-electron chi connectivity index (χ3n) is 7.78. The van der Waals surface area contributed by atoms with E-state index >= 15 is 0 Å². The molecule has 0 saturated heterocycles. The maximum atomic E-state index is 13.9. The number of imidazole rings is 1. The van der Waals surface area contributed by atoms with Crippen molar-refractivity contribution in [3.8, 4) is 0 Å². The summed E-state index contributed by atoms with van der Waals surface area (Å²) < 4.78 is 0. The Kier molecular flexibility index (Phi) is 8.45. The lowest BCUT2D eigenvalue weighted by Gasteiger charge is -2.38. The fourth-order valence-corrected chi connectivity index (χ4v) is 6.58. The van der Waals surface area contributed by atoms with Crippen LogP contribution in [0.4, 0.5) is 17.1 Å². The zero-order valence-corrected chi connectivity index (χ0v) is 25.4. The van der Waals surface area contributed by atoms with E-state index in [1.807, 2.05) is 45.3 Å². The number of benzene rings is 2. The fraction of sp³-hybridized carbons (Fsp3) is 0.406. The summed E-state index contributed by atoms with van der Waals surface area (Å²) in [7, 11) is 4.03. The van der Waals surface area contributed by atoms with Crippen molar-refractivity contribution in [1.29, 1.82) is 0 Å². The first-order valence-corrected chi connectivity index (χ1v) is 15.3. The zero-order valence-electron chi connectivity index (χ0n) is 24.6. The molecule has 3 N–H and O–H groups in total. The van der Waals surface area contributed by atoms with Gasteiger partial charge in [0.15, 0.2) is 5.78 Å². The Morgan fingerprint density at radius 2 is 1.90 bits per heavy atom. The van der Waals surface area contributed by atoms with E-state index in [9.17, 15) is 9.59 Å². The Morgan fingerprint density at radius 1 is 1.15 bits per heavy atom. The molecule has 0 spiro atoms. The number of amides is 1. The SMILES string of the molecule is Cc1[nH]cnc1CSCCNC(=O)CN1c2ccccc2NC2=C(C(=O)CC(C)(C)C2)C1c1ccc(N(C)C)cc1. The van der Waals surface area contributed by atoms with E-state index in [0.29, 0.717) is 13.0 Å². The number of ketones is 1. The van der Waals surface area contributed by atoms with Crippen LogP contribution in [-0.2, 0) is 15.3 Å². The molecule has 1 amide bonds. The van der Waals surface area contributed by atoms with E-state index in [2.05, 4.69) is 68.5 Å². The van der Waals surface area contributed by atoms with E-state index in [1.165, 1.54) is 0 Å². The first kappa shape index (κ1) is 28.8. The molecule has 2 aliphatic rings. The van der Waals surface area contributed by atoms with Gasteiger partial charge in [0.2, 0.25) is 5.91 Å². The molecule has 216 valence electrons. The standard InChI is InChI=1S/C32H40N6O2S/c1-21-26(35-20-34-21)19-41-15-14-33-29(40)18-38-27-9-7-6-8-24(27)36-25-16-32(2,3)17-28(39)30(25)31(38)22-10-12-23(13-11-22)37(4)5/h6-13,20,31,36H,14-19H2,1-5H3,(H,33,40)(H,34,35). The Labute approximate surface area is 247 Å². The largest absolute Gasteiger partial charge is 0.378 e. The lowest BCUT2D eigenvalue weighted by molar-refractivity contribution is -0.120. The average Bonchev–Trinajstić information content (AvgIpc) is 3.27. The molecule has 1 atom stereocenters. The second-order valence-corrected chi connectivity index (χ2v) is 13.0. The Hall–Kier alpha value is -3.72. The molecule has 41 heavy (non-hydrogen) atoms. The third-order valence-corrected chi connectivity index (χ3v) is 8.76. The van der Waals surface area contributed by atoms with Crippen LogP contribution >= 0.6 is 11.8 Å². The van der Waals surface area contributed by atoms with Gasteiger partial charge in [-0.2, -0.15) is 11.8 Å². The highest BCUT2D eigenvalue weighted by atomic mass is 32.2. The molecule has 8 nitrogen and oxygen atoms in total. The molecule has 2 heterocycles. The molecule has 1 aromatic heterocycles. The average molecular weight is 573 g/mol. The monoisotopic (exact) mass is 572 g/mol. The summed E-state index contributed by atoms with van der Waals surface area (Å²) in [5.41, 5.74) is 7.59. The maximum Gasteiger partial charge on any atom is 0.239 e. The van der Waals surface area contributed by atoms with Crippen LogP contribution in [0, 0.1) is 12.3 Å². The van der Waals surface area contributed by atoms with Crippen molar-refractivity contribution in [3.05, 3.63) is 83.1 Å². The Bertz CT molecular complexity index is 1440. The minimum Gasteiger partial charge on any atom is -0.378 e. The highest BCUT2D eigenvalue weighted by molar-refractivity contribution is 7.98. The molecule has 1 aliphatic carbocycles. The van der Waals surface area contributed by atoms with Gasteiger partial charge in [0.1, 0.15) is 0 Å². The first-order chi connectivity index (χ1) is 19.6.